The number of amides is 1. The summed E-state index contributed by atoms with van der Waals surface area (Å²) in [5.41, 5.74) is -0.236. The van der Waals surface area contributed by atoms with E-state index < -0.39 is 5.60 Å². The van der Waals surface area contributed by atoms with Crippen LogP contribution in [0.15, 0.2) is 0 Å². The number of rotatable bonds is 3. The highest BCUT2D eigenvalue weighted by atomic mass is 16.6. The van der Waals surface area contributed by atoms with Crippen LogP contribution >= 0.6 is 0 Å². The molecule has 0 aromatic heterocycles. The van der Waals surface area contributed by atoms with Gasteiger partial charge in [-0.3, -0.25) is 0 Å². The molecule has 2 fully saturated rings. The van der Waals surface area contributed by atoms with Gasteiger partial charge in [0, 0.05) is 18.6 Å². The molecule has 4 nitrogen and oxygen atoms in total. The van der Waals surface area contributed by atoms with Gasteiger partial charge in [-0.05, 0) is 65.8 Å². The van der Waals surface area contributed by atoms with Crippen LogP contribution in [0.5, 0.6) is 0 Å². The van der Waals surface area contributed by atoms with Gasteiger partial charge in [-0.15, -0.1) is 0 Å². The molecule has 1 saturated carbocycles. The summed E-state index contributed by atoms with van der Waals surface area (Å²) in [5, 5.41) is 3.82. The molecule has 0 aromatic rings. The molecule has 1 aliphatic carbocycles. The van der Waals surface area contributed by atoms with Crippen LogP contribution in [0.3, 0.4) is 0 Å². The largest absolute Gasteiger partial charge is 0.444 e. The Balaban J connectivity index is 1.74. The quantitative estimate of drug-likeness (QED) is 0.785. The van der Waals surface area contributed by atoms with Gasteiger partial charge in [0.15, 0.2) is 0 Å². The van der Waals surface area contributed by atoms with Gasteiger partial charge in [0.05, 0.1) is 0 Å². The van der Waals surface area contributed by atoms with E-state index in [0.717, 1.165) is 38.4 Å². The Kier molecular flexibility index (Phi) is 6.35. The summed E-state index contributed by atoms with van der Waals surface area (Å²) in [7, 11) is 0. The topological polar surface area (TPSA) is 41.6 Å². The van der Waals surface area contributed by atoms with Crippen LogP contribution in [0.25, 0.3) is 0 Å². The summed E-state index contributed by atoms with van der Waals surface area (Å²) in [6.45, 7) is 10.8. The van der Waals surface area contributed by atoms with E-state index in [0.29, 0.717) is 0 Å². The SMILES string of the molecule is CC1(NCC2CCCCCC2)CCN(C(=O)OC(C)(C)C)CC1. The Morgan fingerprint density at radius 3 is 2.22 bits per heavy atom. The second-order valence-electron chi connectivity index (χ2n) is 8.77. The lowest BCUT2D eigenvalue weighted by atomic mass is 9.88. The Morgan fingerprint density at radius 1 is 1.13 bits per heavy atom. The van der Waals surface area contributed by atoms with Crippen molar-refractivity contribution in [2.24, 2.45) is 5.92 Å². The number of carbonyl (C=O) groups excluding carboxylic acids is 1. The zero-order valence-electron chi connectivity index (χ0n) is 15.6. The number of hydrogen-bond acceptors (Lipinski definition) is 3. The van der Waals surface area contributed by atoms with Gasteiger partial charge in [0.25, 0.3) is 0 Å². The molecular formula is C19H36N2O2. The summed E-state index contributed by atoms with van der Waals surface area (Å²) in [6, 6.07) is 0. The molecule has 1 amide bonds. The first-order valence-corrected chi connectivity index (χ1v) is 9.50. The molecule has 1 N–H and O–H groups in total. The highest BCUT2D eigenvalue weighted by Crippen LogP contribution is 2.26. The molecule has 1 heterocycles. The van der Waals surface area contributed by atoms with Crippen molar-refractivity contribution < 1.29 is 9.53 Å². The van der Waals surface area contributed by atoms with Crippen LogP contribution < -0.4 is 5.32 Å². The van der Waals surface area contributed by atoms with E-state index in [1.807, 2.05) is 25.7 Å². The van der Waals surface area contributed by atoms with Crippen molar-refractivity contribution in [3.05, 3.63) is 0 Å². The Labute approximate surface area is 142 Å². The lowest BCUT2D eigenvalue weighted by molar-refractivity contribution is 0.0155. The molecule has 4 heteroatoms. The Bertz CT molecular complexity index is 373. The predicted octanol–water partition coefficient (Wildman–Crippen LogP) is 4.34. The fraction of sp³-hybridized carbons (Fsp3) is 0.947. The van der Waals surface area contributed by atoms with Gasteiger partial charge < -0.3 is 15.0 Å². The second kappa shape index (κ2) is 7.87. The van der Waals surface area contributed by atoms with Gasteiger partial charge >= 0.3 is 6.09 Å². The molecule has 0 aromatic carbocycles. The maximum atomic E-state index is 12.2. The summed E-state index contributed by atoms with van der Waals surface area (Å²) in [6.07, 6.45) is 10.3. The number of nitrogens with one attached hydrogen (secondary N) is 1. The van der Waals surface area contributed by atoms with Gasteiger partial charge in [-0.2, -0.15) is 0 Å². The monoisotopic (exact) mass is 324 g/mol. The fourth-order valence-electron chi connectivity index (χ4n) is 3.64. The molecule has 0 radical (unpaired) electrons. The third kappa shape index (κ3) is 6.33. The normalized spacial score (nSPS) is 23.4. The molecule has 0 bridgehead atoms. The Morgan fingerprint density at radius 2 is 1.70 bits per heavy atom. The van der Waals surface area contributed by atoms with E-state index >= 15 is 0 Å². The van der Waals surface area contributed by atoms with E-state index in [-0.39, 0.29) is 11.6 Å². The summed E-state index contributed by atoms with van der Waals surface area (Å²) in [4.78, 5) is 14.0. The summed E-state index contributed by atoms with van der Waals surface area (Å²) >= 11 is 0. The minimum absolute atomic E-state index is 0.164. The lowest BCUT2D eigenvalue weighted by Crippen LogP contribution is -2.54. The first-order valence-electron chi connectivity index (χ1n) is 9.50. The van der Waals surface area contributed by atoms with Crippen molar-refractivity contribution in [3.8, 4) is 0 Å². The van der Waals surface area contributed by atoms with E-state index in [4.69, 9.17) is 4.74 Å². The minimum atomic E-state index is -0.407. The highest BCUT2D eigenvalue weighted by molar-refractivity contribution is 5.68. The first kappa shape index (κ1) is 18.6. The number of piperidine rings is 1. The molecule has 23 heavy (non-hydrogen) atoms. The second-order valence-corrected chi connectivity index (χ2v) is 8.77. The van der Waals surface area contributed by atoms with Crippen LogP contribution in [0.2, 0.25) is 0 Å². The molecule has 0 atom stereocenters. The van der Waals surface area contributed by atoms with Crippen LogP contribution in [0.4, 0.5) is 4.79 Å². The van der Waals surface area contributed by atoms with Gasteiger partial charge in [-0.25, -0.2) is 4.79 Å². The molecule has 1 aliphatic heterocycles. The molecule has 2 rings (SSSR count). The number of ether oxygens (including phenoxy) is 1. The van der Waals surface area contributed by atoms with Crippen molar-refractivity contribution in [1.82, 2.24) is 10.2 Å². The van der Waals surface area contributed by atoms with Crippen molar-refractivity contribution in [3.63, 3.8) is 0 Å². The van der Waals surface area contributed by atoms with E-state index in [9.17, 15) is 4.79 Å². The number of nitrogens with zero attached hydrogens (tertiary/aromatic N) is 1. The third-order valence-corrected chi connectivity index (χ3v) is 5.31. The van der Waals surface area contributed by atoms with Crippen molar-refractivity contribution >= 4 is 6.09 Å². The molecule has 134 valence electrons. The van der Waals surface area contributed by atoms with Crippen LogP contribution in [0.1, 0.15) is 79.1 Å². The summed E-state index contributed by atoms with van der Waals surface area (Å²) in [5.74, 6) is 0.846. The van der Waals surface area contributed by atoms with Gasteiger partial charge in [-0.1, -0.05) is 25.7 Å². The van der Waals surface area contributed by atoms with E-state index in [1.54, 1.807) is 0 Å². The van der Waals surface area contributed by atoms with Crippen LogP contribution in [-0.2, 0) is 4.74 Å². The maximum absolute atomic E-state index is 12.2. The van der Waals surface area contributed by atoms with Gasteiger partial charge in [0.2, 0.25) is 0 Å². The Hall–Kier alpha value is -0.770. The van der Waals surface area contributed by atoms with E-state index in [1.165, 1.54) is 38.5 Å². The molecule has 0 unspecified atom stereocenters. The maximum Gasteiger partial charge on any atom is 0.410 e. The average molecular weight is 325 g/mol. The van der Waals surface area contributed by atoms with Crippen LogP contribution in [-0.4, -0.2) is 41.8 Å². The van der Waals surface area contributed by atoms with Crippen molar-refractivity contribution in [2.45, 2.75) is 90.2 Å². The fourth-order valence-corrected chi connectivity index (χ4v) is 3.64. The van der Waals surface area contributed by atoms with Crippen LogP contribution in [0, 0.1) is 5.92 Å². The van der Waals surface area contributed by atoms with Crippen molar-refractivity contribution in [1.29, 1.82) is 0 Å². The van der Waals surface area contributed by atoms with E-state index in [2.05, 4.69) is 12.2 Å². The highest BCUT2D eigenvalue weighted by Gasteiger charge is 2.33. The predicted molar refractivity (Wildman–Crippen MR) is 94.6 cm³/mol. The molecule has 2 aliphatic rings. The number of carbonyl (C=O) groups is 1. The van der Waals surface area contributed by atoms with Crippen molar-refractivity contribution in [2.75, 3.05) is 19.6 Å². The number of likely N-dealkylation sites (tertiary alicyclic amines) is 1. The van der Waals surface area contributed by atoms with Gasteiger partial charge in [0.1, 0.15) is 5.60 Å². The smallest absolute Gasteiger partial charge is 0.410 e. The molecule has 1 saturated heterocycles. The first-order chi connectivity index (χ1) is 10.8. The third-order valence-electron chi connectivity index (χ3n) is 5.31. The minimum Gasteiger partial charge on any atom is -0.444 e. The summed E-state index contributed by atoms with van der Waals surface area (Å²) < 4.78 is 5.48. The standard InChI is InChI=1S/C19H36N2O2/c1-18(2,3)23-17(22)21-13-11-19(4,12-14-21)20-15-16-9-7-5-6-8-10-16/h16,20H,5-15H2,1-4H3. The average Bonchev–Trinajstić information content (AvgIpc) is 2.73. The molecular weight excluding hydrogens is 288 g/mol. The molecule has 0 spiro atoms. The zero-order chi connectivity index (χ0) is 16.9. The number of hydrogen-bond donors (Lipinski definition) is 1. The zero-order valence-corrected chi connectivity index (χ0v) is 15.6. The lowest BCUT2D eigenvalue weighted by Gasteiger charge is -2.41.